The number of fused-ring (bicyclic) bond motifs is 1. The van der Waals surface area contributed by atoms with Crippen molar-refractivity contribution in [2.75, 3.05) is 0 Å². The third-order valence-corrected chi connectivity index (χ3v) is 4.46. The van der Waals surface area contributed by atoms with Gasteiger partial charge in [0.25, 0.3) is 5.89 Å². The first-order valence-corrected chi connectivity index (χ1v) is 8.40. The summed E-state index contributed by atoms with van der Waals surface area (Å²) >= 11 is 6.11. The van der Waals surface area contributed by atoms with Gasteiger partial charge in [-0.15, -0.1) is 0 Å². The summed E-state index contributed by atoms with van der Waals surface area (Å²) in [5.74, 6) is 0.685. The number of aromatic nitrogens is 4. The Morgan fingerprint density at radius 2 is 1.96 bits per heavy atom. The Balaban J connectivity index is 1.69. The third-order valence-electron chi connectivity index (χ3n) is 4.12. The normalized spacial score (nSPS) is 11.5. The van der Waals surface area contributed by atoms with Crippen LogP contribution in [-0.2, 0) is 7.05 Å². The molecule has 0 fully saturated rings. The summed E-state index contributed by atoms with van der Waals surface area (Å²) < 4.78 is 6.54. The third kappa shape index (κ3) is 3.20. The smallest absolute Gasteiger partial charge is 0.316 e. The van der Waals surface area contributed by atoms with Crippen molar-refractivity contribution in [1.82, 2.24) is 19.7 Å². The number of rotatable bonds is 3. The number of nitrogens with one attached hydrogen (secondary N) is 1. The Morgan fingerprint density at radius 3 is 2.78 bits per heavy atom. The van der Waals surface area contributed by atoms with Crippen molar-refractivity contribution in [3.63, 3.8) is 0 Å². The van der Waals surface area contributed by atoms with Crippen LogP contribution in [0.1, 0.15) is 11.5 Å². The molecule has 4 aromatic rings. The zero-order valence-corrected chi connectivity index (χ0v) is 14.9. The van der Waals surface area contributed by atoms with Gasteiger partial charge >= 0.3 is 11.1 Å². The highest BCUT2D eigenvalue weighted by atomic mass is 35.5. The molecule has 0 atom stereocenters. The van der Waals surface area contributed by atoms with Crippen molar-refractivity contribution in [1.29, 1.82) is 0 Å². The number of hydrogen-bond acceptors (Lipinski definition) is 5. The molecule has 0 spiro atoms. The molecule has 2 heterocycles. The predicted octanol–water partition coefficient (Wildman–Crippen LogP) is 3.10. The standard InChI is InChI=1S/C19H13ClN4O3/c1-24-15-8-6-12(10-14(15)21-18(25)19(24)26)17-22-16(27-23-17)9-7-11-4-2-3-5-13(11)20/h2-10H,1H3,(H,21,25)/b9-7+. The van der Waals surface area contributed by atoms with Gasteiger partial charge in [0.1, 0.15) is 0 Å². The molecule has 0 saturated heterocycles. The lowest BCUT2D eigenvalue weighted by Gasteiger charge is -2.04. The first-order valence-electron chi connectivity index (χ1n) is 8.03. The zero-order chi connectivity index (χ0) is 19.0. The zero-order valence-electron chi connectivity index (χ0n) is 14.1. The minimum Gasteiger partial charge on any atom is -0.334 e. The van der Waals surface area contributed by atoms with Gasteiger partial charge in [-0.25, -0.2) is 0 Å². The monoisotopic (exact) mass is 380 g/mol. The van der Waals surface area contributed by atoms with Crippen LogP contribution < -0.4 is 11.1 Å². The van der Waals surface area contributed by atoms with Gasteiger partial charge < -0.3 is 14.1 Å². The van der Waals surface area contributed by atoms with E-state index in [-0.39, 0.29) is 0 Å². The lowest BCUT2D eigenvalue weighted by atomic mass is 10.2. The molecule has 0 aliphatic carbocycles. The Bertz CT molecular complexity index is 1300. The molecule has 2 aromatic carbocycles. The van der Waals surface area contributed by atoms with Gasteiger partial charge in [0.2, 0.25) is 5.82 Å². The van der Waals surface area contributed by atoms with Crippen molar-refractivity contribution in [3.05, 3.63) is 79.6 Å². The molecule has 0 saturated carbocycles. The fraction of sp³-hybridized carbons (Fsp3) is 0.0526. The number of benzene rings is 2. The number of H-pyrrole nitrogens is 1. The van der Waals surface area contributed by atoms with E-state index >= 15 is 0 Å². The molecule has 0 aliphatic rings. The molecular formula is C19H13ClN4O3. The fourth-order valence-electron chi connectivity index (χ4n) is 2.70. The maximum absolute atomic E-state index is 11.7. The average Bonchev–Trinajstić information content (AvgIpc) is 3.14. The maximum atomic E-state index is 11.7. The average molecular weight is 381 g/mol. The van der Waals surface area contributed by atoms with Crippen molar-refractivity contribution in [2.45, 2.75) is 0 Å². The summed E-state index contributed by atoms with van der Waals surface area (Å²) in [6.07, 6.45) is 3.46. The van der Waals surface area contributed by atoms with Crippen molar-refractivity contribution in [2.24, 2.45) is 7.05 Å². The molecule has 0 radical (unpaired) electrons. The summed E-state index contributed by atoms with van der Waals surface area (Å²) in [5, 5.41) is 4.58. The second-order valence-corrected chi connectivity index (χ2v) is 6.27. The molecule has 0 unspecified atom stereocenters. The van der Waals surface area contributed by atoms with Crippen molar-refractivity contribution >= 4 is 34.8 Å². The van der Waals surface area contributed by atoms with Crippen LogP contribution >= 0.6 is 11.6 Å². The summed E-state index contributed by atoms with van der Waals surface area (Å²) in [7, 11) is 1.55. The quantitative estimate of drug-likeness (QED) is 0.551. The molecule has 8 heteroatoms. The Morgan fingerprint density at radius 1 is 1.15 bits per heavy atom. The second kappa shape index (κ2) is 6.69. The largest absolute Gasteiger partial charge is 0.334 e. The lowest BCUT2D eigenvalue weighted by Crippen LogP contribution is -2.34. The van der Waals surface area contributed by atoms with Crippen LogP contribution in [0.4, 0.5) is 0 Å². The Hall–Kier alpha value is -3.45. The van der Waals surface area contributed by atoms with E-state index < -0.39 is 11.1 Å². The number of hydrogen-bond donors (Lipinski definition) is 1. The van der Waals surface area contributed by atoms with Gasteiger partial charge in [0, 0.05) is 23.7 Å². The van der Waals surface area contributed by atoms with Gasteiger partial charge in [0.05, 0.1) is 11.0 Å². The van der Waals surface area contributed by atoms with E-state index in [4.69, 9.17) is 16.1 Å². The minimum absolute atomic E-state index is 0.318. The SMILES string of the molecule is Cn1c(=O)c(=O)[nH]c2cc(-c3noc(/C=C/c4ccccc4Cl)n3)ccc21. The molecule has 0 bridgehead atoms. The molecule has 2 aromatic heterocycles. The Labute approximate surface area is 157 Å². The van der Waals surface area contributed by atoms with Gasteiger partial charge in [-0.1, -0.05) is 35.0 Å². The molecule has 7 nitrogen and oxygen atoms in total. The van der Waals surface area contributed by atoms with Crippen LogP contribution in [0.15, 0.2) is 56.6 Å². The van der Waals surface area contributed by atoms with E-state index in [0.717, 1.165) is 5.56 Å². The highest BCUT2D eigenvalue weighted by Gasteiger charge is 2.10. The van der Waals surface area contributed by atoms with Gasteiger partial charge in [-0.3, -0.25) is 9.59 Å². The summed E-state index contributed by atoms with van der Waals surface area (Å²) in [6, 6.07) is 12.6. The first kappa shape index (κ1) is 17.0. The van der Waals surface area contributed by atoms with Crippen LogP contribution in [0.5, 0.6) is 0 Å². The molecule has 0 amide bonds. The molecule has 0 aliphatic heterocycles. The topological polar surface area (TPSA) is 93.8 Å². The molecule has 134 valence electrons. The number of aryl methyl sites for hydroxylation is 1. The Kier molecular flexibility index (Phi) is 4.21. The van der Waals surface area contributed by atoms with Crippen LogP contribution in [0.25, 0.3) is 34.6 Å². The summed E-state index contributed by atoms with van der Waals surface area (Å²) in [6.45, 7) is 0. The molecular weight excluding hydrogens is 368 g/mol. The van der Waals surface area contributed by atoms with E-state index in [9.17, 15) is 9.59 Å². The van der Waals surface area contributed by atoms with Gasteiger partial charge in [-0.2, -0.15) is 4.98 Å². The van der Waals surface area contributed by atoms with Crippen molar-refractivity contribution < 1.29 is 4.52 Å². The van der Waals surface area contributed by atoms with E-state index in [2.05, 4.69) is 15.1 Å². The number of halogens is 1. The van der Waals surface area contributed by atoms with Crippen LogP contribution in [0, 0.1) is 0 Å². The van der Waals surface area contributed by atoms with Crippen LogP contribution in [0.3, 0.4) is 0 Å². The molecule has 27 heavy (non-hydrogen) atoms. The predicted molar refractivity (Wildman–Crippen MR) is 103 cm³/mol. The highest BCUT2D eigenvalue weighted by Crippen LogP contribution is 2.21. The molecule has 1 N–H and O–H groups in total. The van der Waals surface area contributed by atoms with E-state index in [1.807, 2.05) is 18.2 Å². The molecule has 4 rings (SSSR count). The van der Waals surface area contributed by atoms with E-state index in [0.29, 0.717) is 33.3 Å². The number of nitrogens with zero attached hydrogens (tertiary/aromatic N) is 3. The van der Waals surface area contributed by atoms with Crippen LogP contribution in [0.2, 0.25) is 5.02 Å². The van der Waals surface area contributed by atoms with E-state index in [1.54, 1.807) is 43.5 Å². The van der Waals surface area contributed by atoms with Gasteiger partial charge in [-0.05, 0) is 35.9 Å². The van der Waals surface area contributed by atoms with Crippen LogP contribution in [-0.4, -0.2) is 19.7 Å². The highest BCUT2D eigenvalue weighted by molar-refractivity contribution is 6.32. The minimum atomic E-state index is -0.682. The lowest BCUT2D eigenvalue weighted by molar-refractivity contribution is 0.411. The number of aromatic amines is 1. The van der Waals surface area contributed by atoms with Gasteiger partial charge in [0.15, 0.2) is 0 Å². The van der Waals surface area contributed by atoms with E-state index in [1.165, 1.54) is 4.57 Å². The maximum Gasteiger partial charge on any atom is 0.316 e. The first-order chi connectivity index (χ1) is 13.0. The summed E-state index contributed by atoms with van der Waals surface area (Å²) in [4.78, 5) is 30.3. The second-order valence-electron chi connectivity index (χ2n) is 5.86. The van der Waals surface area contributed by atoms with Crippen molar-refractivity contribution in [3.8, 4) is 11.4 Å². The summed E-state index contributed by atoms with van der Waals surface area (Å²) in [5.41, 5.74) is 1.31. The fourth-order valence-corrected chi connectivity index (χ4v) is 2.90.